The van der Waals surface area contributed by atoms with E-state index in [0.29, 0.717) is 6.42 Å². The van der Waals surface area contributed by atoms with Crippen molar-refractivity contribution in [1.29, 1.82) is 0 Å². The number of carbonyl (C=O) groups is 1. The molecule has 108 valence electrons. The summed E-state index contributed by atoms with van der Waals surface area (Å²) in [4.78, 5) is 12.0. The minimum atomic E-state index is -0.605. The van der Waals surface area contributed by atoms with Crippen LogP contribution in [0, 0.1) is 13.8 Å². The summed E-state index contributed by atoms with van der Waals surface area (Å²) in [7, 11) is 0. The van der Waals surface area contributed by atoms with Crippen molar-refractivity contribution in [2.75, 3.05) is 11.9 Å². The molecule has 1 aromatic rings. The Balaban J connectivity index is 2.80. The number of nitrogens with one attached hydrogen (secondary N) is 2. The monoisotopic (exact) mass is 268 g/mol. The van der Waals surface area contributed by atoms with Gasteiger partial charge < -0.3 is 15.7 Å². The molecule has 0 radical (unpaired) electrons. The molecule has 6 nitrogen and oxygen atoms in total. The van der Waals surface area contributed by atoms with Gasteiger partial charge in [0.1, 0.15) is 0 Å². The second kappa shape index (κ2) is 6.06. The molecule has 1 rings (SSSR count). The van der Waals surface area contributed by atoms with Gasteiger partial charge in [-0.15, -0.1) is 0 Å². The topological polar surface area (TPSA) is 79.2 Å². The second-order valence-corrected chi connectivity index (χ2v) is 5.01. The van der Waals surface area contributed by atoms with Crippen LogP contribution in [0.4, 0.5) is 10.5 Å². The van der Waals surface area contributed by atoms with Gasteiger partial charge >= 0.3 is 6.03 Å². The van der Waals surface area contributed by atoms with Crippen molar-refractivity contribution in [2.24, 2.45) is 0 Å². The van der Waals surface area contributed by atoms with Crippen LogP contribution in [-0.4, -0.2) is 33.1 Å². The smallest absolute Gasteiger partial charge is 0.319 e. The SMILES string of the molecule is CCn1nc(C)c(NC(=O)NC(C)(CC)CO)c1C. The van der Waals surface area contributed by atoms with Gasteiger partial charge in [-0.1, -0.05) is 6.92 Å². The first-order valence-corrected chi connectivity index (χ1v) is 6.61. The van der Waals surface area contributed by atoms with Gasteiger partial charge in [0.05, 0.1) is 29.2 Å². The Morgan fingerprint density at radius 3 is 2.47 bits per heavy atom. The molecule has 1 aromatic heterocycles. The molecule has 0 saturated carbocycles. The van der Waals surface area contributed by atoms with E-state index >= 15 is 0 Å². The minimum Gasteiger partial charge on any atom is -0.394 e. The number of hydrogen-bond donors (Lipinski definition) is 3. The van der Waals surface area contributed by atoms with Crippen molar-refractivity contribution in [1.82, 2.24) is 15.1 Å². The Kier molecular flexibility index (Phi) is 4.94. The third-order valence-electron chi connectivity index (χ3n) is 3.46. The lowest BCUT2D eigenvalue weighted by Crippen LogP contribution is -2.50. The molecule has 0 aromatic carbocycles. The zero-order valence-electron chi connectivity index (χ0n) is 12.4. The molecule has 3 N–H and O–H groups in total. The number of urea groups is 1. The van der Waals surface area contributed by atoms with E-state index < -0.39 is 5.54 Å². The van der Waals surface area contributed by atoms with Crippen molar-refractivity contribution in [2.45, 2.75) is 53.1 Å². The fraction of sp³-hybridized carbons (Fsp3) is 0.692. The highest BCUT2D eigenvalue weighted by Gasteiger charge is 2.24. The molecule has 0 aliphatic rings. The van der Waals surface area contributed by atoms with Crippen LogP contribution in [0.5, 0.6) is 0 Å². The third kappa shape index (κ3) is 3.47. The zero-order valence-corrected chi connectivity index (χ0v) is 12.4. The number of hydrogen-bond acceptors (Lipinski definition) is 3. The summed E-state index contributed by atoms with van der Waals surface area (Å²) in [6.07, 6.45) is 0.656. The molecule has 0 aliphatic carbocycles. The molecule has 1 heterocycles. The molecular formula is C13H24N4O2. The molecule has 0 spiro atoms. The average Bonchev–Trinajstić information content (AvgIpc) is 2.65. The van der Waals surface area contributed by atoms with Crippen molar-refractivity contribution in [3.63, 3.8) is 0 Å². The highest BCUT2D eigenvalue weighted by atomic mass is 16.3. The van der Waals surface area contributed by atoms with Crippen LogP contribution in [0.1, 0.15) is 38.6 Å². The van der Waals surface area contributed by atoms with Crippen LogP contribution in [0.15, 0.2) is 0 Å². The maximum Gasteiger partial charge on any atom is 0.319 e. The molecule has 19 heavy (non-hydrogen) atoms. The highest BCUT2D eigenvalue weighted by Crippen LogP contribution is 2.19. The fourth-order valence-electron chi connectivity index (χ4n) is 1.84. The normalized spacial score (nSPS) is 14.0. The van der Waals surface area contributed by atoms with Crippen molar-refractivity contribution in [3.8, 4) is 0 Å². The number of aliphatic hydroxyl groups excluding tert-OH is 1. The average molecular weight is 268 g/mol. The number of amides is 2. The molecule has 1 atom stereocenters. The van der Waals surface area contributed by atoms with Crippen LogP contribution in [0.3, 0.4) is 0 Å². The summed E-state index contributed by atoms with van der Waals surface area (Å²) in [6.45, 7) is 10.2. The summed E-state index contributed by atoms with van der Waals surface area (Å²) in [6, 6.07) is -0.319. The van der Waals surface area contributed by atoms with Gasteiger partial charge in [0.2, 0.25) is 0 Å². The quantitative estimate of drug-likeness (QED) is 0.762. The van der Waals surface area contributed by atoms with Gasteiger partial charge in [-0.25, -0.2) is 4.79 Å². The summed E-state index contributed by atoms with van der Waals surface area (Å²) < 4.78 is 1.84. The molecule has 0 aliphatic heterocycles. The first-order chi connectivity index (χ1) is 8.86. The molecular weight excluding hydrogens is 244 g/mol. The van der Waals surface area contributed by atoms with Crippen LogP contribution >= 0.6 is 0 Å². The minimum absolute atomic E-state index is 0.0941. The van der Waals surface area contributed by atoms with Crippen LogP contribution in [-0.2, 0) is 6.54 Å². The maximum absolute atomic E-state index is 12.0. The zero-order chi connectivity index (χ0) is 14.6. The van der Waals surface area contributed by atoms with Crippen LogP contribution < -0.4 is 10.6 Å². The predicted molar refractivity (Wildman–Crippen MR) is 75.3 cm³/mol. The number of nitrogens with zero attached hydrogens (tertiary/aromatic N) is 2. The van der Waals surface area contributed by atoms with E-state index in [1.165, 1.54) is 0 Å². The lowest BCUT2D eigenvalue weighted by atomic mass is 10.0. The predicted octanol–water partition coefficient (Wildman–Crippen LogP) is 1.80. The van der Waals surface area contributed by atoms with E-state index in [9.17, 15) is 9.90 Å². The van der Waals surface area contributed by atoms with E-state index in [1.54, 1.807) is 0 Å². The van der Waals surface area contributed by atoms with E-state index in [0.717, 1.165) is 23.6 Å². The number of anilines is 1. The number of carbonyl (C=O) groups excluding carboxylic acids is 1. The third-order valence-corrected chi connectivity index (χ3v) is 3.46. The van der Waals surface area contributed by atoms with Crippen LogP contribution in [0.2, 0.25) is 0 Å². The Hall–Kier alpha value is -1.56. The van der Waals surface area contributed by atoms with E-state index in [-0.39, 0.29) is 12.6 Å². The molecule has 1 unspecified atom stereocenters. The Morgan fingerprint density at radius 2 is 2.05 bits per heavy atom. The lowest BCUT2D eigenvalue weighted by molar-refractivity contribution is 0.172. The molecule has 0 fully saturated rings. The van der Waals surface area contributed by atoms with Gasteiger partial charge in [-0.2, -0.15) is 5.10 Å². The summed E-state index contributed by atoms with van der Waals surface area (Å²) in [5, 5.41) is 19.2. The Morgan fingerprint density at radius 1 is 1.42 bits per heavy atom. The van der Waals surface area contributed by atoms with Crippen molar-refractivity contribution < 1.29 is 9.90 Å². The second-order valence-electron chi connectivity index (χ2n) is 5.01. The van der Waals surface area contributed by atoms with Gasteiger partial charge in [-0.05, 0) is 34.1 Å². The molecule has 0 bridgehead atoms. The molecule has 2 amide bonds. The largest absolute Gasteiger partial charge is 0.394 e. The maximum atomic E-state index is 12.0. The first kappa shape index (κ1) is 15.5. The van der Waals surface area contributed by atoms with Crippen molar-refractivity contribution in [3.05, 3.63) is 11.4 Å². The number of aliphatic hydroxyl groups is 1. The van der Waals surface area contributed by atoms with Crippen LogP contribution in [0.25, 0.3) is 0 Å². The standard InChI is InChI=1S/C13H24N4O2/c1-6-13(5,8-18)15-12(19)14-11-9(3)16-17(7-2)10(11)4/h18H,6-8H2,1-5H3,(H2,14,15,19). The number of rotatable bonds is 5. The number of aromatic nitrogens is 2. The molecule has 0 saturated heterocycles. The van der Waals surface area contributed by atoms with Gasteiger partial charge in [0.15, 0.2) is 0 Å². The lowest BCUT2D eigenvalue weighted by Gasteiger charge is -2.27. The van der Waals surface area contributed by atoms with Gasteiger partial charge in [0.25, 0.3) is 0 Å². The summed E-state index contributed by atoms with van der Waals surface area (Å²) >= 11 is 0. The summed E-state index contributed by atoms with van der Waals surface area (Å²) in [5.41, 5.74) is 1.84. The van der Waals surface area contributed by atoms with E-state index in [2.05, 4.69) is 15.7 Å². The van der Waals surface area contributed by atoms with Gasteiger partial charge in [0, 0.05) is 6.54 Å². The summed E-state index contributed by atoms with van der Waals surface area (Å²) in [5.74, 6) is 0. The number of aryl methyl sites for hydroxylation is 2. The fourth-order valence-corrected chi connectivity index (χ4v) is 1.84. The van der Waals surface area contributed by atoms with Crippen molar-refractivity contribution >= 4 is 11.7 Å². The molecule has 6 heteroatoms. The Labute approximate surface area is 114 Å². The Bertz CT molecular complexity index is 450. The van der Waals surface area contributed by atoms with E-state index in [1.807, 2.05) is 39.3 Å². The highest BCUT2D eigenvalue weighted by molar-refractivity contribution is 5.91. The van der Waals surface area contributed by atoms with Gasteiger partial charge in [-0.3, -0.25) is 4.68 Å². The van der Waals surface area contributed by atoms with E-state index in [4.69, 9.17) is 0 Å². The first-order valence-electron chi connectivity index (χ1n) is 6.61.